The molecule has 1 aliphatic rings. The summed E-state index contributed by atoms with van der Waals surface area (Å²) in [4.78, 5) is 23.8. The van der Waals surface area contributed by atoms with Gasteiger partial charge >= 0.3 is 0 Å². The van der Waals surface area contributed by atoms with E-state index < -0.39 is 10.0 Å². The zero-order chi connectivity index (χ0) is 19.6. The lowest BCUT2D eigenvalue weighted by Gasteiger charge is -2.25. The Morgan fingerprint density at radius 3 is 2.52 bits per heavy atom. The Balaban J connectivity index is 1.75. The summed E-state index contributed by atoms with van der Waals surface area (Å²) >= 11 is 6.05. The number of hydrogen-bond donors (Lipinski definition) is 2. The number of rotatable bonds is 4. The molecule has 1 saturated heterocycles. The summed E-state index contributed by atoms with van der Waals surface area (Å²) < 4.78 is 26.3. The number of nitrogens with zero attached hydrogens (tertiary/aromatic N) is 1. The lowest BCUT2D eigenvalue weighted by molar-refractivity contribution is -0.122. The number of carbonyl (C=O) groups excluding carboxylic acids is 2. The molecule has 0 aliphatic carbocycles. The third-order valence-corrected chi connectivity index (χ3v) is 6.45. The highest BCUT2D eigenvalue weighted by atomic mass is 35.5. The van der Waals surface area contributed by atoms with Crippen LogP contribution in [0, 0.1) is 6.92 Å². The molecule has 2 aromatic rings. The van der Waals surface area contributed by atoms with Crippen LogP contribution in [0.4, 0.5) is 5.69 Å². The van der Waals surface area contributed by atoms with Crippen molar-refractivity contribution in [3.63, 3.8) is 0 Å². The zero-order valence-electron chi connectivity index (χ0n) is 14.5. The second kappa shape index (κ2) is 7.67. The van der Waals surface area contributed by atoms with Gasteiger partial charge in [-0.2, -0.15) is 4.31 Å². The summed E-state index contributed by atoms with van der Waals surface area (Å²) in [6.07, 6.45) is 0. The van der Waals surface area contributed by atoms with Gasteiger partial charge in [-0.1, -0.05) is 17.7 Å². The molecular formula is C18H18ClN3O4S. The average molecular weight is 408 g/mol. The molecule has 0 atom stereocenters. The van der Waals surface area contributed by atoms with Gasteiger partial charge in [-0.15, -0.1) is 0 Å². The molecule has 0 bridgehead atoms. The van der Waals surface area contributed by atoms with Crippen molar-refractivity contribution in [2.75, 3.05) is 25.0 Å². The summed E-state index contributed by atoms with van der Waals surface area (Å²) in [5.74, 6) is -0.714. The van der Waals surface area contributed by atoms with E-state index in [0.717, 1.165) is 9.87 Å². The Bertz CT molecular complexity index is 990. The first-order valence-electron chi connectivity index (χ1n) is 8.22. The molecular weight excluding hydrogens is 390 g/mol. The van der Waals surface area contributed by atoms with Crippen molar-refractivity contribution in [2.24, 2.45) is 0 Å². The van der Waals surface area contributed by atoms with Crippen LogP contribution < -0.4 is 10.6 Å². The van der Waals surface area contributed by atoms with Gasteiger partial charge in [-0.3, -0.25) is 9.59 Å². The largest absolute Gasteiger partial charge is 0.354 e. The number of hydrogen-bond acceptors (Lipinski definition) is 4. The highest BCUT2D eigenvalue weighted by Crippen LogP contribution is 2.21. The molecule has 9 heteroatoms. The number of anilines is 1. The van der Waals surface area contributed by atoms with Crippen molar-refractivity contribution in [1.29, 1.82) is 0 Å². The van der Waals surface area contributed by atoms with Crippen LogP contribution in [-0.2, 0) is 14.8 Å². The summed E-state index contributed by atoms with van der Waals surface area (Å²) in [6.45, 7) is 2.14. The fraction of sp³-hybridized carbons (Fsp3) is 0.222. The minimum absolute atomic E-state index is 0.0344. The van der Waals surface area contributed by atoms with E-state index >= 15 is 0 Å². The van der Waals surface area contributed by atoms with Gasteiger partial charge in [0, 0.05) is 29.4 Å². The maximum absolute atomic E-state index is 12.6. The van der Waals surface area contributed by atoms with Gasteiger partial charge in [0.1, 0.15) is 0 Å². The number of piperazine rings is 1. The van der Waals surface area contributed by atoms with Gasteiger partial charge in [-0.25, -0.2) is 8.42 Å². The van der Waals surface area contributed by atoms with Gasteiger partial charge in [0.05, 0.1) is 11.4 Å². The number of carbonyl (C=O) groups is 2. The Labute approximate surface area is 162 Å². The van der Waals surface area contributed by atoms with Crippen molar-refractivity contribution in [3.05, 3.63) is 58.6 Å². The van der Waals surface area contributed by atoms with Crippen LogP contribution in [-0.4, -0.2) is 44.2 Å². The van der Waals surface area contributed by atoms with E-state index in [0.29, 0.717) is 16.3 Å². The molecule has 0 spiro atoms. The molecule has 0 unspecified atom stereocenters. The van der Waals surface area contributed by atoms with Crippen LogP contribution in [0.25, 0.3) is 0 Å². The van der Waals surface area contributed by atoms with Crippen LogP contribution in [0.1, 0.15) is 15.9 Å². The third-order valence-electron chi connectivity index (χ3n) is 4.19. The van der Waals surface area contributed by atoms with Crippen molar-refractivity contribution >= 4 is 39.1 Å². The lowest BCUT2D eigenvalue weighted by Crippen LogP contribution is -2.49. The van der Waals surface area contributed by atoms with E-state index in [1.807, 2.05) is 6.92 Å². The first-order chi connectivity index (χ1) is 12.8. The molecule has 1 fully saturated rings. The van der Waals surface area contributed by atoms with E-state index in [9.17, 15) is 18.0 Å². The minimum atomic E-state index is -3.78. The summed E-state index contributed by atoms with van der Waals surface area (Å²) in [5, 5.41) is 5.84. The molecule has 2 amide bonds. The lowest BCUT2D eigenvalue weighted by atomic mass is 10.2. The van der Waals surface area contributed by atoms with Crippen LogP contribution in [0.3, 0.4) is 0 Å². The molecule has 7 nitrogen and oxygen atoms in total. The topological polar surface area (TPSA) is 95.6 Å². The quantitative estimate of drug-likeness (QED) is 0.810. The van der Waals surface area contributed by atoms with Crippen LogP contribution in [0.15, 0.2) is 47.4 Å². The van der Waals surface area contributed by atoms with E-state index in [-0.39, 0.29) is 36.3 Å². The number of aryl methyl sites for hydroxylation is 1. The smallest absolute Gasteiger partial charge is 0.255 e. The number of amides is 2. The molecule has 2 N–H and O–H groups in total. The van der Waals surface area contributed by atoms with Crippen LogP contribution >= 0.6 is 11.6 Å². The molecule has 1 aliphatic heterocycles. The summed E-state index contributed by atoms with van der Waals surface area (Å²) in [7, 11) is -3.78. The predicted molar refractivity (Wildman–Crippen MR) is 102 cm³/mol. The first kappa shape index (κ1) is 19.3. The van der Waals surface area contributed by atoms with Gasteiger partial charge in [-0.05, 0) is 48.9 Å². The molecule has 2 aromatic carbocycles. The van der Waals surface area contributed by atoms with Crippen molar-refractivity contribution in [2.45, 2.75) is 11.8 Å². The number of sulfonamides is 1. The molecule has 1 heterocycles. The fourth-order valence-electron chi connectivity index (χ4n) is 2.62. The SMILES string of the molecule is Cc1ccc(NC(=O)c2ccc(S(=O)(=O)N3CCNC(=O)C3)cc2)cc1Cl. The molecule has 0 radical (unpaired) electrons. The van der Waals surface area contributed by atoms with E-state index in [2.05, 4.69) is 10.6 Å². The molecule has 0 saturated carbocycles. The van der Waals surface area contributed by atoms with Crippen molar-refractivity contribution in [3.8, 4) is 0 Å². The number of benzene rings is 2. The highest BCUT2D eigenvalue weighted by molar-refractivity contribution is 7.89. The van der Waals surface area contributed by atoms with Gasteiger partial charge in [0.25, 0.3) is 5.91 Å². The Hall–Kier alpha value is -2.42. The molecule has 0 aromatic heterocycles. The zero-order valence-corrected chi connectivity index (χ0v) is 16.1. The second-order valence-corrected chi connectivity index (χ2v) is 8.48. The second-order valence-electron chi connectivity index (χ2n) is 6.13. The monoisotopic (exact) mass is 407 g/mol. The third kappa shape index (κ3) is 4.29. The van der Waals surface area contributed by atoms with Crippen molar-refractivity contribution < 1.29 is 18.0 Å². The standard InChI is InChI=1S/C18H18ClN3O4S/c1-12-2-5-14(10-16(12)19)21-18(24)13-3-6-15(7-4-13)27(25,26)22-9-8-20-17(23)11-22/h2-7,10H,8-9,11H2,1H3,(H,20,23)(H,21,24). The number of nitrogens with one attached hydrogen (secondary N) is 2. The molecule has 142 valence electrons. The van der Waals surface area contributed by atoms with E-state index in [4.69, 9.17) is 11.6 Å². The van der Waals surface area contributed by atoms with Crippen LogP contribution in [0.2, 0.25) is 5.02 Å². The average Bonchev–Trinajstić information content (AvgIpc) is 2.65. The van der Waals surface area contributed by atoms with Crippen molar-refractivity contribution in [1.82, 2.24) is 9.62 Å². The van der Waals surface area contributed by atoms with Gasteiger partial charge < -0.3 is 10.6 Å². The predicted octanol–water partition coefficient (Wildman–Crippen LogP) is 2.02. The molecule has 27 heavy (non-hydrogen) atoms. The highest BCUT2D eigenvalue weighted by Gasteiger charge is 2.29. The van der Waals surface area contributed by atoms with Crippen LogP contribution in [0.5, 0.6) is 0 Å². The summed E-state index contributed by atoms with van der Waals surface area (Å²) in [6, 6.07) is 10.8. The van der Waals surface area contributed by atoms with Gasteiger partial charge in [0.2, 0.25) is 15.9 Å². The Kier molecular flexibility index (Phi) is 5.50. The van der Waals surface area contributed by atoms with E-state index in [1.54, 1.807) is 18.2 Å². The molecule has 3 rings (SSSR count). The Morgan fingerprint density at radius 1 is 1.19 bits per heavy atom. The Morgan fingerprint density at radius 2 is 1.89 bits per heavy atom. The van der Waals surface area contributed by atoms with Gasteiger partial charge in [0.15, 0.2) is 0 Å². The maximum atomic E-state index is 12.6. The minimum Gasteiger partial charge on any atom is -0.354 e. The maximum Gasteiger partial charge on any atom is 0.255 e. The first-order valence-corrected chi connectivity index (χ1v) is 10.0. The summed E-state index contributed by atoms with van der Waals surface area (Å²) in [5.41, 5.74) is 1.75. The van der Waals surface area contributed by atoms with E-state index in [1.165, 1.54) is 24.3 Å². The fourth-order valence-corrected chi connectivity index (χ4v) is 4.20. The number of halogens is 1. The normalized spacial score (nSPS) is 15.3.